The van der Waals surface area contributed by atoms with Crippen molar-refractivity contribution in [1.82, 2.24) is 14.5 Å². The second-order valence-corrected chi connectivity index (χ2v) is 13.2. The SMILES string of the molecule is c1ccc2c3c(ccc2c1)-c1cccc2cccc(c12)N3c1nc(-n2c3ccccc3c3ccccc32)c2sc3ccccc3c2n1. The minimum atomic E-state index is 0.664. The number of para-hydroxylation sites is 2. The molecule has 47 heavy (non-hydrogen) atoms. The molecule has 0 spiro atoms. The smallest absolute Gasteiger partial charge is 0.237 e. The van der Waals surface area contributed by atoms with E-state index < -0.39 is 0 Å². The molecular weight excluding hydrogens is 593 g/mol. The van der Waals surface area contributed by atoms with Crippen molar-refractivity contribution >= 4 is 92.3 Å². The molecule has 7 aromatic carbocycles. The Morgan fingerprint density at radius 2 is 1.15 bits per heavy atom. The largest absolute Gasteiger partial charge is 0.292 e. The summed E-state index contributed by atoms with van der Waals surface area (Å²) in [5.74, 6) is 1.56. The Bertz CT molecular complexity index is 2870. The molecule has 0 aliphatic carbocycles. The van der Waals surface area contributed by atoms with E-state index in [4.69, 9.17) is 9.97 Å². The van der Waals surface area contributed by atoms with Gasteiger partial charge in [-0.25, -0.2) is 4.98 Å². The number of hydrogen-bond acceptors (Lipinski definition) is 4. The standard InChI is InChI=1S/C42H24N4S/c1-2-14-27-25(11-1)23-24-31-30-18-9-12-26-13-10-21-35(37(26)30)46(39(27)31)42-43-38-32-17-5-8-22-36(32)47-40(38)41(44-42)45-33-19-6-3-15-28(33)29-16-4-7-20-34(29)45/h1-24H. The van der Waals surface area contributed by atoms with Gasteiger partial charge in [-0.15, -0.1) is 11.3 Å². The molecule has 0 saturated heterocycles. The van der Waals surface area contributed by atoms with Crippen molar-refractivity contribution in [3.05, 3.63) is 146 Å². The minimum Gasteiger partial charge on any atom is -0.292 e. The molecule has 1 aliphatic heterocycles. The summed E-state index contributed by atoms with van der Waals surface area (Å²) in [7, 11) is 0. The van der Waals surface area contributed by atoms with Crippen molar-refractivity contribution in [3.63, 3.8) is 0 Å². The first-order valence-electron chi connectivity index (χ1n) is 15.9. The fourth-order valence-electron chi connectivity index (χ4n) is 7.74. The molecule has 218 valence electrons. The molecule has 1 aliphatic rings. The van der Waals surface area contributed by atoms with Gasteiger partial charge in [0, 0.05) is 37.2 Å². The first-order valence-corrected chi connectivity index (χ1v) is 16.7. The van der Waals surface area contributed by atoms with Gasteiger partial charge in [-0.2, -0.15) is 4.98 Å². The van der Waals surface area contributed by atoms with Gasteiger partial charge in [0.25, 0.3) is 0 Å². The molecule has 0 radical (unpaired) electrons. The Kier molecular flexibility index (Phi) is 4.96. The molecule has 0 saturated carbocycles. The maximum atomic E-state index is 5.62. The van der Waals surface area contributed by atoms with Gasteiger partial charge in [-0.1, -0.05) is 121 Å². The molecule has 5 heteroatoms. The van der Waals surface area contributed by atoms with Gasteiger partial charge in [-0.3, -0.25) is 9.47 Å². The van der Waals surface area contributed by atoms with Crippen LogP contribution in [0.3, 0.4) is 0 Å². The van der Waals surface area contributed by atoms with Crippen molar-refractivity contribution in [2.45, 2.75) is 0 Å². The highest BCUT2D eigenvalue weighted by atomic mass is 32.1. The van der Waals surface area contributed by atoms with Crippen molar-refractivity contribution in [2.75, 3.05) is 4.90 Å². The molecule has 0 atom stereocenters. The van der Waals surface area contributed by atoms with Gasteiger partial charge in [0.05, 0.1) is 32.6 Å². The van der Waals surface area contributed by atoms with Gasteiger partial charge >= 0.3 is 0 Å². The van der Waals surface area contributed by atoms with Crippen molar-refractivity contribution < 1.29 is 0 Å². The number of nitrogens with zero attached hydrogens (tertiary/aromatic N) is 4. The summed E-state index contributed by atoms with van der Waals surface area (Å²) in [5, 5.41) is 8.35. The van der Waals surface area contributed by atoms with Crippen LogP contribution in [0.25, 0.3) is 80.6 Å². The molecule has 0 unspecified atom stereocenters. The summed E-state index contributed by atoms with van der Waals surface area (Å²) < 4.78 is 4.62. The second kappa shape index (κ2) is 9.25. The number of aromatic nitrogens is 3. The number of rotatable bonds is 2. The second-order valence-electron chi connectivity index (χ2n) is 12.2. The molecule has 11 rings (SSSR count). The summed E-state index contributed by atoms with van der Waals surface area (Å²) in [5.41, 5.74) is 7.86. The number of hydrogen-bond donors (Lipinski definition) is 0. The average Bonchev–Trinajstić information content (AvgIpc) is 3.67. The number of benzene rings is 7. The number of thiophene rings is 1. The third kappa shape index (κ3) is 3.36. The van der Waals surface area contributed by atoms with Gasteiger partial charge in [0.1, 0.15) is 0 Å². The van der Waals surface area contributed by atoms with Crippen LogP contribution >= 0.6 is 11.3 Å². The van der Waals surface area contributed by atoms with Crippen LogP contribution < -0.4 is 4.90 Å². The van der Waals surface area contributed by atoms with Crippen LogP contribution in [-0.4, -0.2) is 14.5 Å². The zero-order valence-corrected chi connectivity index (χ0v) is 25.9. The van der Waals surface area contributed by atoms with Crippen molar-refractivity contribution in [2.24, 2.45) is 0 Å². The maximum Gasteiger partial charge on any atom is 0.237 e. The summed E-state index contributed by atoms with van der Waals surface area (Å²) in [6.07, 6.45) is 0. The van der Waals surface area contributed by atoms with Crippen LogP contribution in [0.1, 0.15) is 0 Å². The molecule has 4 heterocycles. The Morgan fingerprint density at radius 3 is 1.96 bits per heavy atom. The van der Waals surface area contributed by atoms with Crippen LogP contribution in [0.2, 0.25) is 0 Å². The highest BCUT2D eigenvalue weighted by Gasteiger charge is 2.31. The first kappa shape index (κ1) is 25.2. The fraction of sp³-hybridized carbons (Fsp3) is 0. The summed E-state index contributed by atoms with van der Waals surface area (Å²) in [6, 6.07) is 52.2. The van der Waals surface area contributed by atoms with Gasteiger partial charge in [0.15, 0.2) is 5.82 Å². The number of anilines is 3. The lowest BCUT2D eigenvalue weighted by Crippen LogP contribution is -2.19. The summed E-state index contributed by atoms with van der Waals surface area (Å²) in [6.45, 7) is 0. The van der Waals surface area contributed by atoms with E-state index in [-0.39, 0.29) is 0 Å². The third-order valence-corrected chi connectivity index (χ3v) is 10.9. The molecule has 3 aromatic heterocycles. The number of fused-ring (bicyclic) bond motifs is 10. The van der Waals surface area contributed by atoms with E-state index in [1.54, 1.807) is 11.3 Å². The lowest BCUT2D eigenvalue weighted by Gasteiger charge is -2.33. The zero-order valence-electron chi connectivity index (χ0n) is 25.1. The lowest BCUT2D eigenvalue weighted by molar-refractivity contribution is 1.04. The van der Waals surface area contributed by atoms with E-state index in [2.05, 4.69) is 155 Å². The average molecular weight is 617 g/mol. The van der Waals surface area contributed by atoms with E-state index in [0.29, 0.717) is 5.95 Å². The van der Waals surface area contributed by atoms with Crippen LogP contribution in [0, 0.1) is 0 Å². The predicted molar refractivity (Wildman–Crippen MR) is 198 cm³/mol. The van der Waals surface area contributed by atoms with Crippen LogP contribution in [0.15, 0.2) is 146 Å². The third-order valence-electron chi connectivity index (χ3n) is 9.72. The van der Waals surface area contributed by atoms with Gasteiger partial charge < -0.3 is 0 Å². The Balaban J connectivity index is 1.33. The van der Waals surface area contributed by atoms with Crippen molar-refractivity contribution in [3.8, 4) is 16.9 Å². The van der Waals surface area contributed by atoms with Crippen LogP contribution in [-0.2, 0) is 0 Å². The summed E-state index contributed by atoms with van der Waals surface area (Å²) >= 11 is 1.77. The van der Waals surface area contributed by atoms with Gasteiger partial charge in [-0.05, 0) is 40.6 Å². The van der Waals surface area contributed by atoms with Crippen LogP contribution in [0.5, 0.6) is 0 Å². The van der Waals surface area contributed by atoms with E-state index >= 15 is 0 Å². The highest BCUT2D eigenvalue weighted by molar-refractivity contribution is 7.26. The zero-order chi connectivity index (χ0) is 30.6. The summed E-state index contributed by atoms with van der Waals surface area (Å²) in [4.78, 5) is 13.4. The van der Waals surface area contributed by atoms with Crippen molar-refractivity contribution in [1.29, 1.82) is 0 Å². The topological polar surface area (TPSA) is 34.0 Å². The Hall–Kier alpha value is -6.04. The highest BCUT2D eigenvalue weighted by Crippen LogP contribution is 2.53. The van der Waals surface area contributed by atoms with E-state index in [9.17, 15) is 0 Å². The first-order chi connectivity index (χ1) is 23.3. The predicted octanol–water partition coefficient (Wildman–Crippen LogP) is 11.7. The fourth-order valence-corrected chi connectivity index (χ4v) is 8.86. The lowest BCUT2D eigenvalue weighted by atomic mass is 9.89. The normalized spacial score (nSPS) is 12.6. The maximum absolute atomic E-state index is 5.62. The Morgan fingerprint density at radius 1 is 0.489 bits per heavy atom. The van der Waals surface area contributed by atoms with E-state index in [0.717, 1.165) is 43.8 Å². The minimum absolute atomic E-state index is 0.664. The molecule has 0 N–H and O–H groups in total. The molecule has 0 amide bonds. The van der Waals surface area contributed by atoms with Crippen LogP contribution in [0.4, 0.5) is 17.3 Å². The van der Waals surface area contributed by atoms with E-state index in [1.807, 2.05) is 0 Å². The molecule has 0 fully saturated rings. The van der Waals surface area contributed by atoms with E-state index in [1.165, 1.54) is 48.1 Å². The quantitative estimate of drug-likeness (QED) is 0.194. The molecular formula is C42H24N4S. The molecule has 10 aromatic rings. The van der Waals surface area contributed by atoms with Gasteiger partial charge in [0.2, 0.25) is 5.95 Å². The molecule has 0 bridgehead atoms. The Labute approximate surface area is 273 Å². The molecule has 4 nitrogen and oxygen atoms in total. The monoisotopic (exact) mass is 616 g/mol.